The number of fused-ring (bicyclic) bond motifs is 12. The second-order valence-electron chi connectivity index (χ2n) is 16.3. The number of benzene rings is 9. The van der Waals surface area contributed by atoms with Crippen LogP contribution in [0.3, 0.4) is 0 Å². The highest BCUT2D eigenvalue weighted by Gasteiger charge is 2.24. The summed E-state index contributed by atoms with van der Waals surface area (Å²) in [5.41, 5.74) is 9.36. The van der Waals surface area contributed by atoms with Crippen LogP contribution in [-0.2, 0) is 0 Å². The van der Waals surface area contributed by atoms with E-state index in [9.17, 15) is 0 Å². The Hall–Kier alpha value is -7.97. The minimum atomic E-state index is 0.615. The molecule has 7 heteroatoms. The summed E-state index contributed by atoms with van der Waals surface area (Å²) in [5.74, 6) is 1.85. The standard InChI is InChI=1S/C57H33N5S2/c1-2-16-34(17-3-1)55-58-56(43-32-53-41(39-22-8-14-28-51(39)63-53)30-49(43)61-45-24-10-4-18-35(45)36-19-5-11-25-46(36)61)60-57(59-55)44-33-54-42(40-23-9-15-29-52(40)64-54)31-50(44)62-47-26-12-6-20-37(47)38-21-7-13-27-48(38)62/h1-33H. The van der Waals surface area contributed by atoms with Gasteiger partial charge in [-0.1, -0.05) is 140 Å². The van der Waals surface area contributed by atoms with Crippen molar-refractivity contribution in [2.24, 2.45) is 0 Å². The quantitative estimate of drug-likeness (QED) is 0.173. The van der Waals surface area contributed by atoms with Crippen LogP contribution in [0.25, 0.3) is 129 Å². The molecule has 0 radical (unpaired) electrons. The van der Waals surface area contributed by atoms with Crippen molar-refractivity contribution in [3.63, 3.8) is 0 Å². The normalized spacial score (nSPS) is 12.1. The fourth-order valence-corrected chi connectivity index (χ4v) is 12.2. The SMILES string of the molecule is c1ccc(-c2nc(-c3cc4sc5ccccc5c4cc3-n3c4ccccc4c4ccccc43)nc(-c3cc4sc5ccccc5c4cc3-n3c4ccccc4c4ccccc43)n2)cc1. The first-order chi connectivity index (χ1) is 31.7. The lowest BCUT2D eigenvalue weighted by Gasteiger charge is -2.17. The first kappa shape index (κ1) is 35.6. The van der Waals surface area contributed by atoms with E-state index < -0.39 is 0 Å². The van der Waals surface area contributed by atoms with Gasteiger partial charge in [-0.15, -0.1) is 22.7 Å². The predicted molar refractivity (Wildman–Crippen MR) is 271 cm³/mol. The van der Waals surface area contributed by atoms with Gasteiger partial charge in [-0.2, -0.15) is 0 Å². The fourth-order valence-electron chi connectivity index (χ4n) is 9.95. The van der Waals surface area contributed by atoms with Crippen LogP contribution < -0.4 is 0 Å². The third-order valence-corrected chi connectivity index (χ3v) is 15.0. The van der Waals surface area contributed by atoms with E-state index in [1.54, 1.807) is 0 Å². The molecule has 5 heterocycles. The summed E-state index contributed by atoms with van der Waals surface area (Å²) in [6.07, 6.45) is 0. The van der Waals surface area contributed by atoms with Crippen LogP contribution >= 0.6 is 22.7 Å². The van der Waals surface area contributed by atoms with Crippen molar-refractivity contribution in [3.05, 3.63) is 200 Å². The van der Waals surface area contributed by atoms with Gasteiger partial charge in [0, 0.05) is 78.6 Å². The van der Waals surface area contributed by atoms with E-state index in [4.69, 9.17) is 15.0 Å². The molecular weight excluding hydrogens is 819 g/mol. The average molecular weight is 852 g/mol. The molecule has 0 aliphatic rings. The highest BCUT2D eigenvalue weighted by molar-refractivity contribution is 7.26. The fraction of sp³-hybridized carbons (Fsp3) is 0. The Kier molecular flexibility index (Phi) is 7.66. The van der Waals surface area contributed by atoms with E-state index in [1.165, 1.54) is 61.9 Å². The van der Waals surface area contributed by atoms with Gasteiger partial charge in [-0.3, -0.25) is 0 Å². The molecule has 0 aliphatic carbocycles. The van der Waals surface area contributed by atoms with E-state index in [0.717, 1.165) is 50.1 Å². The minimum absolute atomic E-state index is 0.615. The van der Waals surface area contributed by atoms with E-state index in [1.807, 2.05) is 28.7 Å². The molecule has 0 unspecified atom stereocenters. The molecule has 5 aromatic heterocycles. The van der Waals surface area contributed by atoms with Crippen LogP contribution in [0.1, 0.15) is 0 Å². The molecule has 298 valence electrons. The summed E-state index contributed by atoms with van der Waals surface area (Å²) in [4.78, 5) is 16.5. The van der Waals surface area contributed by atoms with Crippen molar-refractivity contribution in [3.8, 4) is 45.5 Å². The van der Waals surface area contributed by atoms with Gasteiger partial charge in [0.2, 0.25) is 0 Å². The zero-order chi connectivity index (χ0) is 41.9. The van der Waals surface area contributed by atoms with Gasteiger partial charge < -0.3 is 9.13 Å². The van der Waals surface area contributed by atoms with E-state index in [2.05, 4.69) is 203 Å². The van der Waals surface area contributed by atoms with Gasteiger partial charge in [0.1, 0.15) is 0 Å². The lowest BCUT2D eigenvalue weighted by Crippen LogP contribution is -2.05. The molecule has 14 aromatic rings. The highest BCUT2D eigenvalue weighted by Crippen LogP contribution is 2.45. The summed E-state index contributed by atoms with van der Waals surface area (Å²) in [6, 6.07) is 71.9. The van der Waals surface area contributed by atoms with Gasteiger partial charge in [-0.05, 0) is 60.7 Å². The van der Waals surface area contributed by atoms with E-state index >= 15 is 0 Å². The topological polar surface area (TPSA) is 48.5 Å². The molecular formula is C57H33N5S2. The maximum atomic E-state index is 5.64. The summed E-state index contributed by atoms with van der Waals surface area (Å²) in [5, 5.41) is 9.71. The Labute approximate surface area is 374 Å². The smallest absolute Gasteiger partial charge is 0.166 e. The van der Waals surface area contributed by atoms with Crippen LogP contribution in [0.15, 0.2) is 200 Å². The molecule has 0 saturated heterocycles. The summed E-state index contributed by atoms with van der Waals surface area (Å²) in [6.45, 7) is 0. The number of thiophene rings is 2. The molecule has 0 spiro atoms. The number of hydrogen-bond donors (Lipinski definition) is 0. The van der Waals surface area contributed by atoms with Crippen molar-refractivity contribution < 1.29 is 0 Å². The zero-order valence-electron chi connectivity index (χ0n) is 34.1. The molecule has 5 nitrogen and oxygen atoms in total. The van der Waals surface area contributed by atoms with Gasteiger partial charge in [0.05, 0.1) is 33.4 Å². The Morgan fingerprint density at radius 1 is 0.281 bits per heavy atom. The number of rotatable bonds is 5. The monoisotopic (exact) mass is 851 g/mol. The molecule has 64 heavy (non-hydrogen) atoms. The van der Waals surface area contributed by atoms with Crippen LogP contribution in [0.2, 0.25) is 0 Å². The molecule has 0 bridgehead atoms. The Bertz CT molecular complexity index is 3850. The molecule has 0 N–H and O–H groups in total. The highest BCUT2D eigenvalue weighted by atomic mass is 32.1. The predicted octanol–water partition coefficient (Wildman–Crippen LogP) is 15.8. The molecule has 0 fully saturated rings. The largest absolute Gasteiger partial charge is 0.308 e. The lowest BCUT2D eigenvalue weighted by atomic mass is 10.0. The molecule has 0 aliphatic heterocycles. The maximum absolute atomic E-state index is 5.64. The third-order valence-electron chi connectivity index (χ3n) is 12.8. The van der Waals surface area contributed by atoms with Crippen molar-refractivity contribution in [1.82, 2.24) is 24.1 Å². The molecule has 9 aromatic carbocycles. The van der Waals surface area contributed by atoms with Gasteiger partial charge >= 0.3 is 0 Å². The average Bonchev–Trinajstić information content (AvgIpc) is 4.11. The summed E-state index contributed by atoms with van der Waals surface area (Å²) in [7, 11) is 0. The van der Waals surface area contributed by atoms with Crippen molar-refractivity contribution in [1.29, 1.82) is 0 Å². The Balaban J connectivity index is 1.12. The molecule has 0 saturated carbocycles. The van der Waals surface area contributed by atoms with Crippen LogP contribution in [0.4, 0.5) is 0 Å². The van der Waals surface area contributed by atoms with Gasteiger partial charge in [-0.25, -0.2) is 15.0 Å². The third kappa shape index (κ3) is 5.26. The Morgan fingerprint density at radius 3 is 1.05 bits per heavy atom. The lowest BCUT2D eigenvalue weighted by molar-refractivity contribution is 1.06. The van der Waals surface area contributed by atoms with E-state index in [0.29, 0.717) is 17.5 Å². The summed E-state index contributed by atoms with van der Waals surface area (Å²) >= 11 is 3.62. The second-order valence-corrected chi connectivity index (χ2v) is 18.5. The van der Waals surface area contributed by atoms with Crippen LogP contribution in [-0.4, -0.2) is 24.1 Å². The summed E-state index contributed by atoms with van der Waals surface area (Å²) < 4.78 is 9.67. The van der Waals surface area contributed by atoms with Crippen molar-refractivity contribution in [2.75, 3.05) is 0 Å². The van der Waals surface area contributed by atoms with Gasteiger partial charge in [0.15, 0.2) is 17.5 Å². The zero-order valence-corrected chi connectivity index (χ0v) is 35.7. The molecule has 0 atom stereocenters. The molecule has 0 amide bonds. The number of aromatic nitrogens is 5. The van der Waals surface area contributed by atoms with Crippen LogP contribution in [0, 0.1) is 0 Å². The first-order valence-corrected chi connectivity index (χ1v) is 23.1. The number of nitrogens with zero attached hydrogens (tertiary/aromatic N) is 5. The Morgan fingerprint density at radius 2 is 0.625 bits per heavy atom. The van der Waals surface area contributed by atoms with Crippen molar-refractivity contribution in [2.45, 2.75) is 0 Å². The second kappa shape index (κ2) is 13.8. The van der Waals surface area contributed by atoms with Gasteiger partial charge in [0.25, 0.3) is 0 Å². The molecule has 14 rings (SSSR count). The number of para-hydroxylation sites is 4. The van der Waals surface area contributed by atoms with Crippen LogP contribution in [0.5, 0.6) is 0 Å². The van der Waals surface area contributed by atoms with E-state index in [-0.39, 0.29) is 0 Å². The first-order valence-electron chi connectivity index (χ1n) is 21.4. The number of hydrogen-bond acceptors (Lipinski definition) is 5. The van der Waals surface area contributed by atoms with Crippen molar-refractivity contribution >= 4 is 107 Å². The maximum Gasteiger partial charge on any atom is 0.166 e. The minimum Gasteiger partial charge on any atom is -0.308 e.